The highest BCUT2D eigenvalue weighted by atomic mass is 16.5. The largest absolute Gasteiger partial charge is 0.490 e. The van der Waals surface area contributed by atoms with E-state index < -0.39 is 5.60 Å². The maximum atomic E-state index is 10.3. The fraction of sp³-hybridized carbons (Fsp3) is 0.611. The van der Waals surface area contributed by atoms with E-state index in [0.717, 1.165) is 17.7 Å². The van der Waals surface area contributed by atoms with Crippen LogP contribution >= 0.6 is 0 Å². The summed E-state index contributed by atoms with van der Waals surface area (Å²) < 4.78 is 5.83. The van der Waals surface area contributed by atoms with Crippen LogP contribution in [0.15, 0.2) is 18.2 Å². The van der Waals surface area contributed by atoms with Crippen molar-refractivity contribution in [2.24, 2.45) is 0 Å². The molecule has 0 amide bonds. The number of aliphatic hydroxyl groups is 1. The Labute approximate surface area is 124 Å². The lowest BCUT2D eigenvalue weighted by atomic mass is 9.92. The van der Waals surface area contributed by atoms with Crippen molar-refractivity contribution < 1.29 is 9.84 Å². The summed E-state index contributed by atoms with van der Waals surface area (Å²) in [5, 5.41) is 10.3. The van der Waals surface area contributed by atoms with E-state index in [1.807, 2.05) is 19.9 Å². The summed E-state index contributed by atoms with van der Waals surface area (Å²) in [6.07, 6.45) is 4.77. The van der Waals surface area contributed by atoms with Gasteiger partial charge in [-0.05, 0) is 55.7 Å². The molecule has 0 aromatic heterocycles. The average Bonchev–Trinajstić information content (AvgIpc) is 2.47. The van der Waals surface area contributed by atoms with Crippen LogP contribution in [0.3, 0.4) is 0 Å². The fourth-order valence-electron chi connectivity index (χ4n) is 2.40. The minimum atomic E-state index is -0.714. The van der Waals surface area contributed by atoms with Crippen molar-refractivity contribution in [2.45, 2.75) is 65.4 Å². The van der Waals surface area contributed by atoms with Crippen molar-refractivity contribution in [3.8, 4) is 5.75 Å². The van der Waals surface area contributed by atoms with Gasteiger partial charge in [-0.25, -0.2) is 0 Å². The quantitative estimate of drug-likeness (QED) is 0.750. The molecular formula is C18H29O2. The first kappa shape index (κ1) is 17.0. The highest BCUT2D eigenvalue weighted by molar-refractivity contribution is 5.38. The van der Waals surface area contributed by atoms with Crippen molar-refractivity contribution in [3.05, 3.63) is 35.7 Å². The third-order valence-corrected chi connectivity index (χ3v) is 4.28. The lowest BCUT2D eigenvalue weighted by molar-refractivity contribution is -0.0115. The molecule has 20 heavy (non-hydrogen) atoms. The normalized spacial score (nSPS) is 11.9. The summed E-state index contributed by atoms with van der Waals surface area (Å²) >= 11 is 0. The summed E-state index contributed by atoms with van der Waals surface area (Å²) in [6.45, 7) is 10.7. The van der Waals surface area contributed by atoms with Crippen LogP contribution in [0.5, 0.6) is 5.75 Å². The van der Waals surface area contributed by atoms with Gasteiger partial charge in [0, 0.05) is 0 Å². The van der Waals surface area contributed by atoms with Crippen molar-refractivity contribution in [1.29, 1.82) is 0 Å². The van der Waals surface area contributed by atoms with E-state index in [1.54, 1.807) is 0 Å². The molecule has 1 radical (unpaired) electrons. The van der Waals surface area contributed by atoms with Gasteiger partial charge in [0.1, 0.15) is 12.4 Å². The highest BCUT2D eigenvalue weighted by Gasteiger charge is 2.23. The van der Waals surface area contributed by atoms with E-state index in [0.29, 0.717) is 25.4 Å². The van der Waals surface area contributed by atoms with E-state index in [9.17, 15) is 5.11 Å². The van der Waals surface area contributed by atoms with Gasteiger partial charge in [-0.3, -0.25) is 0 Å². The Hall–Kier alpha value is -1.02. The number of rotatable bonds is 8. The number of hydrogen-bond donors (Lipinski definition) is 1. The number of aryl methyl sites for hydroxylation is 1. The molecule has 0 aliphatic rings. The lowest BCUT2D eigenvalue weighted by Crippen LogP contribution is -2.34. The summed E-state index contributed by atoms with van der Waals surface area (Å²) in [7, 11) is 0. The van der Waals surface area contributed by atoms with E-state index in [1.165, 1.54) is 5.56 Å². The first-order valence-corrected chi connectivity index (χ1v) is 7.74. The van der Waals surface area contributed by atoms with Crippen LogP contribution in [-0.2, 0) is 0 Å². The lowest BCUT2D eigenvalue weighted by Gasteiger charge is -2.25. The minimum Gasteiger partial charge on any atom is -0.490 e. The van der Waals surface area contributed by atoms with Crippen LogP contribution in [0, 0.1) is 13.3 Å². The molecule has 1 N–H and O–H groups in total. The first-order chi connectivity index (χ1) is 9.49. The molecule has 0 fully saturated rings. The molecule has 0 aliphatic heterocycles. The molecule has 1 unspecified atom stereocenters. The van der Waals surface area contributed by atoms with Crippen molar-refractivity contribution >= 4 is 0 Å². The number of benzene rings is 1. The van der Waals surface area contributed by atoms with Crippen LogP contribution in [0.1, 0.15) is 64.0 Å². The molecule has 113 valence electrons. The third kappa shape index (κ3) is 4.24. The van der Waals surface area contributed by atoms with E-state index in [4.69, 9.17) is 4.74 Å². The minimum absolute atomic E-state index is 0.358. The Bertz CT molecular complexity index is 404. The SMILES string of the molecule is C[CH]C(CC)c1ccc(OCC(O)(CC)CC)c(C)c1. The molecule has 2 heteroatoms. The molecular weight excluding hydrogens is 248 g/mol. The second kappa shape index (κ2) is 7.68. The summed E-state index contributed by atoms with van der Waals surface area (Å²) in [5.41, 5.74) is 1.76. The molecule has 0 heterocycles. The predicted octanol–water partition coefficient (Wildman–Crippen LogP) is 4.64. The van der Waals surface area contributed by atoms with Gasteiger partial charge in [-0.1, -0.05) is 39.8 Å². The molecule has 0 saturated heterocycles. The van der Waals surface area contributed by atoms with Crippen LogP contribution in [0.2, 0.25) is 0 Å². The van der Waals surface area contributed by atoms with Crippen LogP contribution < -0.4 is 4.74 Å². The molecule has 1 aromatic rings. The zero-order valence-corrected chi connectivity index (χ0v) is 13.6. The van der Waals surface area contributed by atoms with Crippen LogP contribution in [0.4, 0.5) is 0 Å². The van der Waals surface area contributed by atoms with Crippen molar-refractivity contribution in [3.63, 3.8) is 0 Å². The smallest absolute Gasteiger partial charge is 0.122 e. The van der Waals surface area contributed by atoms with Gasteiger partial charge in [0.05, 0.1) is 5.60 Å². The van der Waals surface area contributed by atoms with Gasteiger partial charge in [-0.15, -0.1) is 0 Å². The molecule has 0 spiro atoms. The zero-order valence-electron chi connectivity index (χ0n) is 13.6. The summed E-state index contributed by atoms with van der Waals surface area (Å²) in [4.78, 5) is 0. The van der Waals surface area contributed by atoms with Gasteiger partial charge in [0.15, 0.2) is 0 Å². The molecule has 0 bridgehead atoms. The second-order valence-electron chi connectivity index (χ2n) is 5.59. The second-order valence-corrected chi connectivity index (χ2v) is 5.59. The van der Waals surface area contributed by atoms with Crippen molar-refractivity contribution in [1.82, 2.24) is 0 Å². The summed E-state index contributed by atoms with van der Waals surface area (Å²) in [6, 6.07) is 6.36. The standard InChI is InChI=1S/C18H29O2/c1-6-15(7-2)16-10-11-17(14(5)12-16)20-13-18(19,8-3)9-4/h6,10-12,15,19H,7-9,13H2,1-5H3. The van der Waals surface area contributed by atoms with E-state index in [2.05, 4.69) is 39.3 Å². The third-order valence-electron chi connectivity index (χ3n) is 4.28. The molecule has 1 atom stereocenters. The molecule has 1 rings (SSSR count). The Kier molecular flexibility index (Phi) is 6.54. The van der Waals surface area contributed by atoms with Gasteiger partial charge < -0.3 is 9.84 Å². The number of ether oxygens (including phenoxy) is 1. The summed E-state index contributed by atoms with van der Waals surface area (Å²) in [5.74, 6) is 1.38. The Morgan fingerprint density at radius 2 is 1.90 bits per heavy atom. The Morgan fingerprint density at radius 1 is 1.25 bits per heavy atom. The Morgan fingerprint density at radius 3 is 2.35 bits per heavy atom. The van der Waals surface area contributed by atoms with Gasteiger partial charge in [0.25, 0.3) is 0 Å². The van der Waals surface area contributed by atoms with Gasteiger partial charge >= 0.3 is 0 Å². The van der Waals surface area contributed by atoms with Crippen molar-refractivity contribution in [2.75, 3.05) is 6.61 Å². The highest BCUT2D eigenvalue weighted by Crippen LogP contribution is 2.28. The molecule has 0 aliphatic carbocycles. The van der Waals surface area contributed by atoms with Crippen LogP contribution in [0.25, 0.3) is 0 Å². The maximum absolute atomic E-state index is 10.3. The monoisotopic (exact) mass is 277 g/mol. The number of hydrogen-bond acceptors (Lipinski definition) is 2. The van der Waals surface area contributed by atoms with E-state index >= 15 is 0 Å². The van der Waals surface area contributed by atoms with E-state index in [-0.39, 0.29) is 0 Å². The fourth-order valence-corrected chi connectivity index (χ4v) is 2.40. The molecule has 0 saturated carbocycles. The zero-order chi connectivity index (χ0) is 15.2. The topological polar surface area (TPSA) is 29.5 Å². The van der Waals surface area contributed by atoms with Crippen LogP contribution in [-0.4, -0.2) is 17.3 Å². The van der Waals surface area contributed by atoms with Gasteiger partial charge in [-0.2, -0.15) is 0 Å². The molecule has 1 aromatic carbocycles. The maximum Gasteiger partial charge on any atom is 0.122 e. The molecule has 2 nitrogen and oxygen atoms in total. The Balaban J connectivity index is 2.78. The van der Waals surface area contributed by atoms with Gasteiger partial charge in [0.2, 0.25) is 0 Å². The predicted molar refractivity (Wildman–Crippen MR) is 85.2 cm³/mol. The average molecular weight is 277 g/mol. The first-order valence-electron chi connectivity index (χ1n) is 7.74.